The standard InChI is InChI=1S/C25H31BrClNO4S/c1-25(2,19-5-8-24(23(26)13-19)32-16-20(29)14-27)18-3-6-22(7-4-18)31-17-21(30)15-28-9-11-33-12-10-28/h3-8,13,15,20,29-30H,9-12,14,16-17H2,1-2H3/b21-15-. The number of ether oxygens (including phenoxy) is 2. The molecule has 1 heterocycles. The Labute approximate surface area is 213 Å². The minimum Gasteiger partial charge on any atom is -0.507 e. The van der Waals surface area contributed by atoms with E-state index in [1.54, 1.807) is 6.20 Å². The smallest absolute Gasteiger partial charge is 0.146 e. The first-order valence-corrected chi connectivity index (χ1v) is 13.4. The molecule has 0 saturated carbocycles. The molecule has 0 aromatic heterocycles. The Balaban J connectivity index is 1.61. The van der Waals surface area contributed by atoms with Gasteiger partial charge in [-0.25, -0.2) is 0 Å². The van der Waals surface area contributed by atoms with Crippen molar-refractivity contribution in [2.24, 2.45) is 0 Å². The molecule has 0 spiro atoms. The molecule has 5 nitrogen and oxygen atoms in total. The Bertz CT molecular complexity index is 933. The maximum atomic E-state index is 10.2. The summed E-state index contributed by atoms with van der Waals surface area (Å²) in [5, 5.41) is 19.8. The van der Waals surface area contributed by atoms with E-state index in [0.717, 1.165) is 40.2 Å². The fourth-order valence-corrected chi connectivity index (χ4v) is 5.00. The first kappa shape index (κ1) is 26.1. The third-order valence-electron chi connectivity index (χ3n) is 5.60. The zero-order valence-electron chi connectivity index (χ0n) is 19.0. The van der Waals surface area contributed by atoms with E-state index in [9.17, 15) is 10.2 Å². The zero-order valence-corrected chi connectivity index (χ0v) is 22.1. The summed E-state index contributed by atoms with van der Waals surface area (Å²) in [6.07, 6.45) is 1.09. The van der Waals surface area contributed by atoms with Crippen LogP contribution < -0.4 is 9.47 Å². The monoisotopic (exact) mass is 555 g/mol. The van der Waals surface area contributed by atoms with Crippen LogP contribution in [0.5, 0.6) is 11.5 Å². The molecule has 8 heteroatoms. The highest BCUT2D eigenvalue weighted by molar-refractivity contribution is 9.10. The average Bonchev–Trinajstić information content (AvgIpc) is 2.82. The molecule has 1 aliphatic heterocycles. The van der Waals surface area contributed by atoms with Crippen molar-refractivity contribution < 1.29 is 19.7 Å². The van der Waals surface area contributed by atoms with Gasteiger partial charge in [0.1, 0.15) is 36.6 Å². The molecule has 2 N–H and O–H groups in total. The van der Waals surface area contributed by atoms with Crippen molar-refractivity contribution in [2.45, 2.75) is 25.4 Å². The van der Waals surface area contributed by atoms with Crippen LogP contribution >= 0.6 is 39.3 Å². The van der Waals surface area contributed by atoms with Gasteiger partial charge in [0, 0.05) is 36.2 Å². The van der Waals surface area contributed by atoms with E-state index in [0.29, 0.717) is 11.5 Å². The maximum Gasteiger partial charge on any atom is 0.146 e. The number of hydrogen-bond donors (Lipinski definition) is 2. The van der Waals surface area contributed by atoms with Gasteiger partial charge in [-0.05, 0) is 51.3 Å². The van der Waals surface area contributed by atoms with Crippen LogP contribution in [0.4, 0.5) is 0 Å². The molecular weight excluding hydrogens is 526 g/mol. The van der Waals surface area contributed by atoms with E-state index < -0.39 is 6.10 Å². The molecule has 0 aliphatic carbocycles. The summed E-state index contributed by atoms with van der Waals surface area (Å²) in [6, 6.07) is 13.9. The van der Waals surface area contributed by atoms with Crippen molar-refractivity contribution >= 4 is 39.3 Å². The van der Waals surface area contributed by atoms with E-state index in [4.69, 9.17) is 21.1 Å². The van der Waals surface area contributed by atoms with Gasteiger partial charge in [-0.2, -0.15) is 11.8 Å². The predicted octanol–water partition coefficient (Wildman–Crippen LogP) is 5.58. The van der Waals surface area contributed by atoms with Crippen LogP contribution in [0.3, 0.4) is 0 Å². The topological polar surface area (TPSA) is 62.2 Å². The quantitative estimate of drug-likeness (QED) is 0.294. The van der Waals surface area contributed by atoms with Crippen LogP contribution in [0.2, 0.25) is 0 Å². The minimum atomic E-state index is -0.698. The lowest BCUT2D eigenvalue weighted by Gasteiger charge is -2.27. The molecule has 2 aromatic carbocycles. The molecule has 180 valence electrons. The van der Waals surface area contributed by atoms with Crippen LogP contribution in [0.25, 0.3) is 0 Å². The second-order valence-corrected chi connectivity index (χ2v) is 10.9. The molecule has 0 amide bonds. The fourth-order valence-electron chi connectivity index (χ4n) is 3.48. The van der Waals surface area contributed by atoms with Crippen molar-refractivity contribution in [1.82, 2.24) is 4.90 Å². The highest BCUT2D eigenvalue weighted by Gasteiger charge is 2.24. The predicted molar refractivity (Wildman–Crippen MR) is 140 cm³/mol. The number of hydrogen-bond acceptors (Lipinski definition) is 6. The molecule has 1 fully saturated rings. The summed E-state index contributed by atoms with van der Waals surface area (Å²) >= 11 is 11.1. The SMILES string of the molecule is CC(C)(c1ccc(OC/C(O)=C/N2CCSCC2)cc1)c1ccc(OCC(O)CCl)c(Br)c1. The summed E-state index contributed by atoms with van der Waals surface area (Å²) < 4.78 is 12.2. The number of halogens is 2. The molecule has 1 atom stereocenters. The summed E-state index contributed by atoms with van der Waals surface area (Å²) in [5.41, 5.74) is 2.01. The molecule has 33 heavy (non-hydrogen) atoms. The van der Waals surface area contributed by atoms with E-state index >= 15 is 0 Å². The van der Waals surface area contributed by atoms with Gasteiger partial charge in [0.25, 0.3) is 0 Å². The highest BCUT2D eigenvalue weighted by atomic mass is 79.9. The van der Waals surface area contributed by atoms with Gasteiger partial charge in [0.05, 0.1) is 10.4 Å². The molecular formula is C25H31BrClNO4S. The maximum absolute atomic E-state index is 10.2. The second kappa shape index (κ2) is 12.2. The molecule has 1 unspecified atom stereocenters. The lowest BCUT2D eigenvalue weighted by atomic mass is 9.78. The average molecular weight is 557 g/mol. The molecule has 2 aromatic rings. The summed E-state index contributed by atoms with van der Waals surface area (Å²) in [5.74, 6) is 3.93. The Morgan fingerprint density at radius 1 is 1.15 bits per heavy atom. The van der Waals surface area contributed by atoms with Crippen molar-refractivity contribution in [2.75, 3.05) is 43.7 Å². The fraction of sp³-hybridized carbons (Fsp3) is 0.440. The van der Waals surface area contributed by atoms with Gasteiger partial charge >= 0.3 is 0 Å². The lowest BCUT2D eigenvalue weighted by Crippen LogP contribution is -2.28. The van der Waals surface area contributed by atoms with Gasteiger partial charge in [-0.1, -0.05) is 32.0 Å². The van der Waals surface area contributed by atoms with Crippen molar-refractivity contribution in [1.29, 1.82) is 0 Å². The molecule has 3 rings (SSSR count). The van der Waals surface area contributed by atoms with Crippen LogP contribution in [0.15, 0.2) is 58.9 Å². The van der Waals surface area contributed by atoms with E-state index in [1.807, 2.05) is 54.2 Å². The van der Waals surface area contributed by atoms with Crippen LogP contribution in [-0.4, -0.2) is 64.9 Å². The van der Waals surface area contributed by atoms with E-state index in [2.05, 4.69) is 34.7 Å². The number of aliphatic hydroxyl groups excluding tert-OH is 2. The van der Waals surface area contributed by atoms with Crippen LogP contribution in [0.1, 0.15) is 25.0 Å². The van der Waals surface area contributed by atoms with Gasteiger partial charge < -0.3 is 24.6 Å². The largest absolute Gasteiger partial charge is 0.507 e. The highest BCUT2D eigenvalue weighted by Crippen LogP contribution is 2.36. The Morgan fingerprint density at radius 2 is 1.82 bits per heavy atom. The van der Waals surface area contributed by atoms with Crippen molar-refractivity contribution in [3.05, 3.63) is 70.0 Å². The zero-order chi connectivity index (χ0) is 23.8. The number of thioether (sulfide) groups is 1. The van der Waals surface area contributed by atoms with Gasteiger partial charge in [-0.3, -0.25) is 0 Å². The Kier molecular flexibility index (Phi) is 9.68. The van der Waals surface area contributed by atoms with Crippen molar-refractivity contribution in [3.63, 3.8) is 0 Å². The van der Waals surface area contributed by atoms with Gasteiger partial charge in [0.15, 0.2) is 0 Å². The van der Waals surface area contributed by atoms with Crippen LogP contribution in [0, 0.1) is 0 Å². The number of aliphatic hydroxyl groups is 2. The number of nitrogens with zero attached hydrogens (tertiary/aromatic N) is 1. The Morgan fingerprint density at radius 3 is 2.45 bits per heavy atom. The Hall–Kier alpha value is -1.54. The molecule has 1 saturated heterocycles. The number of alkyl halides is 1. The normalized spacial score (nSPS) is 15.9. The number of rotatable bonds is 10. The van der Waals surface area contributed by atoms with E-state index in [1.165, 1.54) is 0 Å². The summed E-state index contributed by atoms with van der Waals surface area (Å²) in [6.45, 7) is 6.53. The third-order valence-corrected chi connectivity index (χ3v) is 7.52. The molecule has 1 aliphatic rings. The van der Waals surface area contributed by atoms with Gasteiger partial charge in [0.2, 0.25) is 0 Å². The summed E-state index contributed by atoms with van der Waals surface area (Å²) in [7, 11) is 0. The molecule has 0 radical (unpaired) electrons. The summed E-state index contributed by atoms with van der Waals surface area (Å²) in [4.78, 5) is 2.13. The number of benzene rings is 2. The molecule has 0 bridgehead atoms. The minimum absolute atomic E-state index is 0.135. The third kappa shape index (κ3) is 7.47. The first-order valence-electron chi connectivity index (χ1n) is 10.9. The lowest BCUT2D eigenvalue weighted by molar-refractivity contribution is 0.125. The van der Waals surface area contributed by atoms with Crippen LogP contribution in [-0.2, 0) is 5.41 Å². The first-order chi connectivity index (χ1) is 15.8. The van der Waals surface area contributed by atoms with Crippen molar-refractivity contribution in [3.8, 4) is 11.5 Å². The second-order valence-electron chi connectivity index (χ2n) is 8.47. The van der Waals surface area contributed by atoms with Gasteiger partial charge in [-0.15, -0.1) is 11.6 Å². The van der Waals surface area contributed by atoms with E-state index in [-0.39, 0.29) is 30.3 Å².